The topological polar surface area (TPSA) is 68.8 Å². The molecule has 1 aliphatic rings. The Labute approximate surface area is 144 Å². The van der Waals surface area contributed by atoms with E-state index in [4.69, 9.17) is 4.74 Å². The van der Waals surface area contributed by atoms with Crippen LogP contribution in [0.2, 0.25) is 0 Å². The van der Waals surface area contributed by atoms with Crippen LogP contribution < -0.4 is 0 Å². The Hall–Kier alpha value is -2.22. The van der Waals surface area contributed by atoms with Gasteiger partial charge < -0.3 is 9.30 Å². The maximum absolute atomic E-state index is 12.5. The Kier molecular flexibility index (Phi) is 4.40. The summed E-state index contributed by atoms with van der Waals surface area (Å²) in [6.45, 7) is 7.71. The van der Waals surface area contributed by atoms with Crippen molar-refractivity contribution in [2.75, 3.05) is 13.2 Å². The van der Waals surface area contributed by atoms with Crippen molar-refractivity contribution in [1.29, 1.82) is 0 Å². The molecule has 3 rings (SSSR count). The number of hydrogen-bond donors (Lipinski definition) is 0. The van der Waals surface area contributed by atoms with Crippen molar-refractivity contribution >= 4 is 28.6 Å². The first-order chi connectivity index (χ1) is 11.5. The number of hydrogen-bond acceptors (Lipinski definition) is 5. The van der Waals surface area contributed by atoms with E-state index in [2.05, 4.69) is 11.7 Å². The summed E-state index contributed by atoms with van der Waals surface area (Å²) >= 11 is 1.27. The van der Waals surface area contributed by atoms with Gasteiger partial charge in [-0.3, -0.25) is 9.69 Å². The smallest absolute Gasteiger partial charge is 0.411 e. The molecule has 0 aliphatic carbocycles. The third kappa shape index (κ3) is 2.82. The normalized spacial score (nSPS) is 23.6. The summed E-state index contributed by atoms with van der Waals surface area (Å²) in [5.41, 5.74) is 0.253. The average Bonchev–Trinajstić information content (AvgIpc) is 3.18. The van der Waals surface area contributed by atoms with E-state index in [9.17, 15) is 9.59 Å². The van der Waals surface area contributed by atoms with Gasteiger partial charge in [0.15, 0.2) is 5.12 Å². The number of imidazole rings is 1. The van der Waals surface area contributed by atoms with Crippen LogP contribution in [-0.2, 0) is 15.2 Å². The highest BCUT2D eigenvalue weighted by Gasteiger charge is 2.48. The Morgan fingerprint density at radius 2 is 2.33 bits per heavy atom. The van der Waals surface area contributed by atoms with E-state index < -0.39 is 11.8 Å². The summed E-state index contributed by atoms with van der Waals surface area (Å²) in [4.78, 5) is 25.7. The Morgan fingerprint density at radius 3 is 3.04 bits per heavy atom. The number of ether oxygens (including phenoxy) is 1. The van der Waals surface area contributed by atoms with Crippen LogP contribution in [0.25, 0.3) is 5.65 Å². The van der Waals surface area contributed by atoms with Gasteiger partial charge in [-0.25, -0.2) is 9.31 Å². The SMILES string of the molecule is C=CCOC(=O)N1C[C@@H](SC(C)=O)C[C@@]1(C)n1ccn2nccc12. The minimum Gasteiger partial charge on any atom is -0.445 e. The highest BCUT2D eigenvalue weighted by atomic mass is 32.2. The third-order valence-corrected chi connectivity index (χ3v) is 5.21. The molecule has 2 atom stereocenters. The molecule has 7 nitrogen and oxygen atoms in total. The molecule has 2 aromatic heterocycles. The van der Waals surface area contributed by atoms with Crippen molar-refractivity contribution in [3.8, 4) is 0 Å². The van der Waals surface area contributed by atoms with Crippen LogP contribution in [0, 0.1) is 0 Å². The molecule has 1 fully saturated rings. The summed E-state index contributed by atoms with van der Waals surface area (Å²) in [5.74, 6) is 0. The van der Waals surface area contributed by atoms with Crippen molar-refractivity contribution in [3.05, 3.63) is 37.3 Å². The van der Waals surface area contributed by atoms with Crippen molar-refractivity contribution in [2.24, 2.45) is 0 Å². The van der Waals surface area contributed by atoms with E-state index in [0.717, 1.165) is 5.65 Å². The first-order valence-electron chi connectivity index (χ1n) is 7.69. The van der Waals surface area contributed by atoms with Gasteiger partial charge in [-0.2, -0.15) is 5.10 Å². The van der Waals surface area contributed by atoms with Crippen LogP contribution in [-0.4, -0.2) is 48.7 Å². The maximum atomic E-state index is 12.5. The molecule has 0 unspecified atom stereocenters. The lowest BCUT2D eigenvalue weighted by Crippen LogP contribution is -2.47. The third-order valence-electron chi connectivity index (χ3n) is 4.23. The average molecular weight is 348 g/mol. The number of likely N-dealkylation sites (tertiary alicyclic amines) is 1. The van der Waals surface area contributed by atoms with Crippen LogP contribution >= 0.6 is 11.8 Å². The van der Waals surface area contributed by atoms with Crippen molar-refractivity contribution in [2.45, 2.75) is 31.2 Å². The molecule has 3 heterocycles. The quantitative estimate of drug-likeness (QED) is 0.794. The van der Waals surface area contributed by atoms with E-state index in [1.807, 2.05) is 30.0 Å². The van der Waals surface area contributed by atoms with E-state index >= 15 is 0 Å². The van der Waals surface area contributed by atoms with Gasteiger partial charge in [0.05, 0.1) is 6.20 Å². The zero-order chi connectivity index (χ0) is 17.3. The number of amides is 1. The summed E-state index contributed by atoms with van der Waals surface area (Å²) < 4.78 is 9.02. The van der Waals surface area contributed by atoms with E-state index in [-0.39, 0.29) is 17.0 Å². The van der Waals surface area contributed by atoms with Crippen molar-refractivity contribution < 1.29 is 14.3 Å². The van der Waals surface area contributed by atoms with Crippen LogP contribution in [0.15, 0.2) is 37.3 Å². The fourth-order valence-electron chi connectivity index (χ4n) is 3.25. The van der Waals surface area contributed by atoms with Crippen LogP contribution in [0.3, 0.4) is 0 Å². The highest BCUT2D eigenvalue weighted by Crippen LogP contribution is 2.40. The predicted octanol–water partition coefficient (Wildman–Crippen LogP) is 2.49. The lowest BCUT2D eigenvalue weighted by Gasteiger charge is -2.35. The second-order valence-electron chi connectivity index (χ2n) is 5.93. The molecule has 1 aliphatic heterocycles. The van der Waals surface area contributed by atoms with Crippen molar-refractivity contribution in [1.82, 2.24) is 19.1 Å². The molecular formula is C16H20N4O3S. The van der Waals surface area contributed by atoms with Gasteiger partial charge in [0.25, 0.3) is 0 Å². The molecule has 0 radical (unpaired) electrons. The Balaban J connectivity index is 1.96. The molecule has 0 saturated carbocycles. The largest absolute Gasteiger partial charge is 0.445 e. The molecule has 0 bridgehead atoms. The standard InChI is InChI=1S/C16H20N4O3S/c1-4-9-23-15(22)19-11-13(24-12(2)21)10-16(19,3)18-7-8-20-14(18)5-6-17-20/h4-8,13H,1,9-11H2,2-3H3/t13-,16-/m0/s1. The lowest BCUT2D eigenvalue weighted by molar-refractivity contribution is -0.109. The predicted molar refractivity (Wildman–Crippen MR) is 91.8 cm³/mol. The number of aromatic nitrogens is 3. The lowest BCUT2D eigenvalue weighted by atomic mass is 10.1. The van der Waals surface area contributed by atoms with Gasteiger partial charge in [-0.15, -0.1) is 0 Å². The van der Waals surface area contributed by atoms with Crippen LogP contribution in [0.1, 0.15) is 20.3 Å². The second-order valence-corrected chi connectivity index (χ2v) is 7.41. The molecular weight excluding hydrogens is 328 g/mol. The van der Waals surface area contributed by atoms with E-state index in [1.54, 1.807) is 22.5 Å². The number of thioether (sulfide) groups is 1. The minimum atomic E-state index is -0.629. The van der Waals surface area contributed by atoms with Gasteiger partial charge in [0.1, 0.15) is 17.9 Å². The molecule has 0 N–H and O–H groups in total. The number of nitrogens with zero attached hydrogens (tertiary/aromatic N) is 4. The highest BCUT2D eigenvalue weighted by molar-refractivity contribution is 8.14. The molecule has 8 heteroatoms. The van der Waals surface area contributed by atoms with Crippen LogP contribution in [0.4, 0.5) is 4.79 Å². The van der Waals surface area contributed by atoms with Gasteiger partial charge in [-0.05, 0) is 6.92 Å². The van der Waals surface area contributed by atoms with Gasteiger partial charge in [-0.1, -0.05) is 24.4 Å². The summed E-state index contributed by atoms with van der Waals surface area (Å²) in [6.07, 6.45) is 7.24. The molecule has 0 aromatic carbocycles. The fraction of sp³-hybridized carbons (Fsp3) is 0.438. The van der Waals surface area contributed by atoms with Gasteiger partial charge >= 0.3 is 6.09 Å². The first-order valence-corrected chi connectivity index (χ1v) is 8.57. The molecule has 2 aromatic rings. The number of carbonyl (C=O) groups is 2. The number of rotatable bonds is 4. The van der Waals surface area contributed by atoms with Gasteiger partial charge in [0, 0.05) is 43.6 Å². The number of carbonyl (C=O) groups excluding carboxylic acids is 2. The van der Waals surface area contributed by atoms with Crippen LogP contribution in [0.5, 0.6) is 0 Å². The molecule has 0 spiro atoms. The fourth-order valence-corrected chi connectivity index (χ4v) is 4.35. The maximum Gasteiger partial charge on any atom is 0.411 e. The van der Waals surface area contributed by atoms with E-state index in [0.29, 0.717) is 13.0 Å². The molecule has 1 amide bonds. The zero-order valence-electron chi connectivity index (χ0n) is 13.7. The molecule has 1 saturated heterocycles. The first kappa shape index (κ1) is 16.6. The zero-order valence-corrected chi connectivity index (χ0v) is 14.5. The molecule has 128 valence electrons. The molecule has 24 heavy (non-hydrogen) atoms. The van der Waals surface area contributed by atoms with E-state index in [1.165, 1.54) is 17.8 Å². The number of fused-ring (bicyclic) bond motifs is 1. The summed E-state index contributed by atoms with van der Waals surface area (Å²) in [5, 5.41) is 4.29. The summed E-state index contributed by atoms with van der Waals surface area (Å²) in [6, 6.07) is 1.89. The second kappa shape index (κ2) is 6.35. The minimum absolute atomic E-state index is 0.0224. The Morgan fingerprint density at radius 1 is 1.54 bits per heavy atom. The Bertz CT molecular complexity index is 783. The summed E-state index contributed by atoms with van der Waals surface area (Å²) in [7, 11) is 0. The monoisotopic (exact) mass is 348 g/mol. The van der Waals surface area contributed by atoms with Gasteiger partial charge in [0.2, 0.25) is 0 Å². The van der Waals surface area contributed by atoms with Crippen molar-refractivity contribution in [3.63, 3.8) is 0 Å².